The van der Waals surface area contributed by atoms with Gasteiger partial charge >= 0.3 is 0 Å². The Morgan fingerprint density at radius 2 is 2.00 bits per heavy atom. The van der Waals surface area contributed by atoms with Crippen LogP contribution in [0.5, 0.6) is 5.75 Å². The van der Waals surface area contributed by atoms with E-state index in [-0.39, 0.29) is 5.54 Å². The normalized spacial score (nSPS) is 18.1. The van der Waals surface area contributed by atoms with Crippen molar-refractivity contribution < 1.29 is 4.74 Å². The van der Waals surface area contributed by atoms with Gasteiger partial charge in [0.05, 0.1) is 24.5 Å². The maximum atomic E-state index is 6.37. The zero-order valence-corrected chi connectivity index (χ0v) is 11.3. The lowest BCUT2D eigenvalue weighted by Crippen LogP contribution is -2.36. The van der Waals surface area contributed by atoms with Crippen molar-refractivity contribution in [2.75, 3.05) is 7.11 Å². The lowest BCUT2D eigenvalue weighted by Gasteiger charge is -2.21. The summed E-state index contributed by atoms with van der Waals surface area (Å²) in [7, 11) is 1.67. The van der Waals surface area contributed by atoms with Gasteiger partial charge in [0.15, 0.2) is 0 Å². The molecule has 1 aliphatic carbocycles. The summed E-state index contributed by atoms with van der Waals surface area (Å²) >= 11 is 0. The molecule has 1 saturated carbocycles. The van der Waals surface area contributed by atoms with Crippen LogP contribution in [0.2, 0.25) is 0 Å². The number of nitrogens with one attached hydrogen (secondary N) is 1. The Kier molecular flexibility index (Phi) is 2.82. The fourth-order valence-electron chi connectivity index (χ4n) is 2.39. The van der Waals surface area contributed by atoms with Crippen molar-refractivity contribution in [2.45, 2.75) is 25.3 Å². The molecule has 19 heavy (non-hydrogen) atoms. The number of hydrogen-bond donors (Lipinski definition) is 2. The van der Waals surface area contributed by atoms with Gasteiger partial charge in [0.25, 0.3) is 0 Å². The first kappa shape index (κ1) is 12.2. The number of rotatable bonds is 4. The van der Waals surface area contributed by atoms with Gasteiger partial charge < -0.3 is 15.5 Å². The largest absolute Gasteiger partial charge is 0.497 e. The Labute approximate surface area is 113 Å². The van der Waals surface area contributed by atoms with Crippen molar-refractivity contribution >= 4 is 0 Å². The number of imidazole rings is 1. The molecule has 0 amide bonds. The molecular formula is C15H19N3O. The zero-order valence-electron chi connectivity index (χ0n) is 11.3. The summed E-state index contributed by atoms with van der Waals surface area (Å²) < 4.78 is 5.16. The van der Waals surface area contributed by atoms with E-state index in [9.17, 15) is 0 Å². The van der Waals surface area contributed by atoms with E-state index in [4.69, 9.17) is 10.5 Å². The van der Waals surface area contributed by atoms with E-state index in [0.717, 1.165) is 22.8 Å². The number of H-pyrrole nitrogens is 1. The summed E-state index contributed by atoms with van der Waals surface area (Å²) in [6, 6.07) is 7.92. The molecule has 1 fully saturated rings. The van der Waals surface area contributed by atoms with Gasteiger partial charge in [0.2, 0.25) is 0 Å². The smallest absolute Gasteiger partial charge is 0.126 e. The first-order valence-electron chi connectivity index (χ1n) is 6.60. The van der Waals surface area contributed by atoms with E-state index in [1.54, 1.807) is 7.11 Å². The minimum atomic E-state index is -0.343. The predicted octanol–water partition coefficient (Wildman–Crippen LogP) is 2.67. The molecule has 1 aromatic carbocycles. The first-order chi connectivity index (χ1) is 9.11. The number of ether oxygens (including phenoxy) is 1. The quantitative estimate of drug-likeness (QED) is 0.885. The number of benzene rings is 1. The molecular weight excluding hydrogens is 238 g/mol. The maximum absolute atomic E-state index is 6.37. The minimum Gasteiger partial charge on any atom is -0.497 e. The fourth-order valence-corrected chi connectivity index (χ4v) is 2.39. The van der Waals surface area contributed by atoms with Crippen LogP contribution < -0.4 is 10.5 Å². The molecule has 1 atom stereocenters. The molecule has 4 heteroatoms. The molecule has 3 N–H and O–H groups in total. The predicted molar refractivity (Wildman–Crippen MR) is 74.8 cm³/mol. The highest BCUT2D eigenvalue weighted by atomic mass is 16.5. The minimum absolute atomic E-state index is 0.343. The van der Waals surface area contributed by atoms with Gasteiger partial charge in [-0.2, -0.15) is 0 Å². The third-order valence-corrected chi connectivity index (χ3v) is 3.91. The van der Waals surface area contributed by atoms with Crippen molar-refractivity contribution in [2.24, 2.45) is 11.7 Å². The van der Waals surface area contributed by atoms with Crippen LogP contribution in [0, 0.1) is 5.92 Å². The summed E-state index contributed by atoms with van der Waals surface area (Å²) in [5.41, 5.74) is 8.11. The highest BCUT2D eigenvalue weighted by Crippen LogP contribution is 2.43. The van der Waals surface area contributed by atoms with Crippen LogP contribution in [-0.4, -0.2) is 17.1 Å². The second-order valence-corrected chi connectivity index (χ2v) is 5.43. The van der Waals surface area contributed by atoms with Gasteiger partial charge in [-0.05, 0) is 55.5 Å². The summed E-state index contributed by atoms with van der Waals surface area (Å²) in [6.07, 6.45) is 4.25. The molecule has 0 spiro atoms. The number of aromatic amines is 1. The number of methoxy groups -OCH3 is 1. The monoisotopic (exact) mass is 257 g/mol. The highest BCUT2D eigenvalue weighted by Gasteiger charge is 2.41. The van der Waals surface area contributed by atoms with Crippen LogP contribution in [0.25, 0.3) is 11.3 Å². The van der Waals surface area contributed by atoms with Gasteiger partial charge in [-0.15, -0.1) is 0 Å². The Bertz CT molecular complexity index is 567. The third kappa shape index (κ3) is 2.24. The SMILES string of the molecule is COc1ccc(-c2cnc(C(C)(N)C3CC3)[nH]2)cc1. The van der Waals surface area contributed by atoms with Gasteiger partial charge in [-0.3, -0.25) is 0 Å². The van der Waals surface area contributed by atoms with E-state index >= 15 is 0 Å². The van der Waals surface area contributed by atoms with Crippen molar-refractivity contribution in [3.63, 3.8) is 0 Å². The van der Waals surface area contributed by atoms with Crippen LogP contribution in [0.15, 0.2) is 30.5 Å². The molecule has 0 radical (unpaired) electrons. The van der Waals surface area contributed by atoms with Crippen molar-refractivity contribution in [1.29, 1.82) is 0 Å². The van der Waals surface area contributed by atoms with Crippen molar-refractivity contribution in [3.8, 4) is 17.0 Å². The molecule has 0 saturated heterocycles. The standard InChI is InChI=1S/C15H19N3O/c1-15(16,11-5-6-11)14-17-9-13(18-14)10-3-7-12(19-2)8-4-10/h3-4,7-9,11H,5-6,16H2,1-2H3,(H,17,18). The van der Waals surface area contributed by atoms with Gasteiger partial charge in [0, 0.05) is 0 Å². The zero-order chi connectivity index (χ0) is 13.5. The second-order valence-electron chi connectivity index (χ2n) is 5.43. The molecule has 0 bridgehead atoms. The molecule has 3 rings (SSSR count). The maximum Gasteiger partial charge on any atom is 0.126 e. The molecule has 100 valence electrons. The van der Waals surface area contributed by atoms with Crippen molar-refractivity contribution in [1.82, 2.24) is 9.97 Å². The topological polar surface area (TPSA) is 63.9 Å². The van der Waals surface area contributed by atoms with E-state index in [1.165, 1.54) is 12.8 Å². The third-order valence-electron chi connectivity index (χ3n) is 3.91. The van der Waals surface area contributed by atoms with Crippen LogP contribution >= 0.6 is 0 Å². The Hall–Kier alpha value is -1.81. The van der Waals surface area contributed by atoms with E-state index in [1.807, 2.05) is 30.5 Å². The van der Waals surface area contributed by atoms with Gasteiger partial charge in [-0.25, -0.2) is 4.98 Å². The van der Waals surface area contributed by atoms with Crippen LogP contribution in [0.3, 0.4) is 0 Å². The Balaban J connectivity index is 1.87. The van der Waals surface area contributed by atoms with Crippen LogP contribution in [0.1, 0.15) is 25.6 Å². The van der Waals surface area contributed by atoms with E-state index in [2.05, 4.69) is 16.9 Å². The summed E-state index contributed by atoms with van der Waals surface area (Å²) in [4.78, 5) is 7.81. The Morgan fingerprint density at radius 1 is 1.32 bits per heavy atom. The summed E-state index contributed by atoms with van der Waals surface area (Å²) in [6.45, 7) is 2.06. The van der Waals surface area contributed by atoms with E-state index < -0.39 is 0 Å². The molecule has 1 heterocycles. The molecule has 2 aromatic rings. The molecule has 1 aliphatic rings. The summed E-state index contributed by atoms with van der Waals surface area (Å²) in [5, 5.41) is 0. The summed E-state index contributed by atoms with van der Waals surface area (Å²) in [5.74, 6) is 2.29. The first-order valence-corrected chi connectivity index (χ1v) is 6.60. The molecule has 1 unspecified atom stereocenters. The Morgan fingerprint density at radius 3 is 2.58 bits per heavy atom. The average Bonchev–Trinajstić information content (AvgIpc) is 3.17. The highest BCUT2D eigenvalue weighted by molar-refractivity contribution is 5.59. The van der Waals surface area contributed by atoms with Crippen LogP contribution in [-0.2, 0) is 5.54 Å². The number of nitrogens with zero attached hydrogens (tertiary/aromatic N) is 1. The number of nitrogens with two attached hydrogens (primary N) is 1. The van der Waals surface area contributed by atoms with E-state index in [0.29, 0.717) is 5.92 Å². The van der Waals surface area contributed by atoms with Gasteiger partial charge in [0.1, 0.15) is 11.6 Å². The lowest BCUT2D eigenvalue weighted by atomic mass is 9.97. The molecule has 4 nitrogen and oxygen atoms in total. The lowest BCUT2D eigenvalue weighted by molar-refractivity contribution is 0.404. The van der Waals surface area contributed by atoms with Crippen molar-refractivity contribution in [3.05, 3.63) is 36.3 Å². The number of aromatic nitrogens is 2. The fraction of sp³-hybridized carbons (Fsp3) is 0.400. The second kappa shape index (κ2) is 4.38. The van der Waals surface area contributed by atoms with Gasteiger partial charge in [-0.1, -0.05) is 0 Å². The average molecular weight is 257 g/mol. The number of hydrogen-bond acceptors (Lipinski definition) is 3. The molecule has 1 aromatic heterocycles. The molecule has 0 aliphatic heterocycles. The van der Waals surface area contributed by atoms with Crippen LogP contribution in [0.4, 0.5) is 0 Å².